The molecule has 0 fully saturated rings. The molecule has 0 aliphatic heterocycles. The van der Waals surface area contributed by atoms with E-state index in [1.165, 1.54) is 44.8 Å². The molecule has 0 amide bonds. The van der Waals surface area contributed by atoms with Gasteiger partial charge in [0.2, 0.25) is 0 Å². The Hall–Kier alpha value is -6.12. The third-order valence-electron chi connectivity index (χ3n) is 9.92. The predicted molar refractivity (Wildman–Crippen MR) is 216 cm³/mol. The van der Waals surface area contributed by atoms with Crippen LogP contribution in [0.25, 0.3) is 35.4 Å². The van der Waals surface area contributed by atoms with Crippen LogP contribution < -0.4 is 9.80 Å². The van der Waals surface area contributed by atoms with Crippen LogP contribution >= 0.6 is 0 Å². The topological polar surface area (TPSA) is 6.48 Å². The molecular formula is C48H40N2. The van der Waals surface area contributed by atoms with Gasteiger partial charge in [-0.1, -0.05) is 122 Å². The molecule has 0 N–H and O–H groups in total. The number of hydrogen-bond acceptors (Lipinski definition) is 2. The first kappa shape index (κ1) is 31.2. The van der Waals surface area contributed by atoms with Gasteiger partial charge in [-0.2, -0.15) is 0 Å². The fourth-order valence-electron chi connectivity index (χ4n) is 7.27. The summed E-state index contributed by atoms with van der Waals surface area (Å²) in [6.07, 6.45) is 17.2. The molecule has 0 bridgehead atoms. The normalized spacial score (nSPS) is 12.9. The molecule has 50 heavy (non-hydrogen) atoms. The molecule has 0 radical (unpaired) electrons. The molecule has 6 aromatic rings. The molecule has 0 atom stereocenters. The third-order valence-corrected chi connectivity index (χ3v) is 9.92. The van der Waals surface area contributed by atoms with Crippen LogP contribution in [0.5, 0.6) is 0 Å². The van der Waals surface area contributed by atoms with Gasteiger partial charge >= 0.3 is 0 Å². The molecule has 242 valence electrons. The minimum atomic E-state index is 1.07. The van der Waals surface area contributed by atoms with E-state index >= 15 is 0 Å². The number of aryl methyl sites for hydroxylation is 2. The van der Waals surface area contributed by atoms with Gasteiger partial charge in [-0.05, 0) is 120 Å². The van der Waals surface area contributed by atoms with Crippen molar-refractivity contribution in [2.45, 2.75) is 25.7 Å². The zero-order valence-electron chi connectivity index (χ0n) is 28.3. The summed E-state index contributed by atoms with van der Waals surface area (Å²) in [6, 6.07) is 48.6. The van der Waals surface area contributed by atoms with Crippen molar-refractivity contribution in [3.05, 3.63) is 192 Å². The number of hydrogen-bond donors (Lipinski definition) is 0. The summed E-state index contributed by atoms with van der Waals surface area (Å²) in [4.78, 5) is 4.75. The Balaban J connectivity index is 1.15. The van der Waals surface area contributed by atoms with Crippen LogP contribution in [0, 0.1) is 0 Å². The van der Waals surface area contributed by atoms with E-state index in [1.54, 1.807) is 0 Å². The third kappa shape index (κ3) is 6.01. The van der Waals surface area contributed by atoms with Crippen molar-refractivity contribution in [2.24, 2.45) is 0 Å². The maximum absolute atomic E-state index is 3.96. The van der Waals surface area contributed by atoms with Crippen LogP contribution in [-0.4, -0.2) is 0 Å². The molecule has 0 saturated heterocycles. The molecule has 0 unspecified atom stereocenters. The molecule has 2 nitrogen and oxygen atoms in total. The Morgan fingerprint density at radius 2 is 0.780 bits per heavy atom. The van der Waals surface area contributed by atoms with Gasteiger partial charge in [-0.25, -0.2) is 0 Å². The second-order valence-corrected chi connectivity index (χ2v) is 12.9. The maximum atomic E-state index is 3.96. The number of fused-ring (bicyclic) bond motifs is 2. The van der Waals surface area contributed by atoms with Crippen molar-refractivity contribution in [1.29, 1.82) is 0 Å². The van der Waals surface area contributed by atoms with Crippen molar-refractivity contribution < 1.29 is 0 Å². The number of benzene rings is 6. The van der Waals surface area contributed by atoms with E-state index in [0.29, 0.717) is 0 Å². The first-order valence-corrected chi connectivity index (χ1v) is 17.5. The smallest absolute Gasteiger partial charge is 0.0536 e. The molecule has 2 aliphatic rings. The highest BCUT2D eigenvalue weighted by Gasteiger charge is 2.20. The second-order valence-electron chi connectivity index (χ2n) is 12.9. The lowest BCUT2D eigenvalue weighted by atomic mass is 9.94. The molecule has 2 heteroatoms. The highest BCUT2D eigenvalue weighted by atomic mass is 15.1. The highest BCUT2D eigenvalue weighted by molar-refractivity contribution is 5.87. The largest absolute Gasteiger partial charge is 0.310 e. The van der Waals surface area contributed by atoms with Gasteiger partial charge < -0.3 is 9.80 Å². The van der Waals surface area contributed by atoms with Gasteiger partial charge in [0, 0.05) is 33.9 Å². The average molecular weight is 645 g/mol. The number of allylic oxidation sites excluding steroid dienone is 2. The van der Waals surface area contributed by atoms with Crippen LogP contribution in [0.15, 0.2) is 159 Å². The number of anilines is 6. The van der Waals surface area contributed by atoms with E-state index in [9.17, 15) is 0 Å². The van der Waals surface area contributed by atoms with Crippen molar-refractivity contribution in [1.82, 2.24) is 0 Å². The van der Waals surface area contributed by atoms with Gasteiger partial charge in [0.05, 0.1) is 11.4 Å². The Bertz CT molecular complexity index is 2060. The van der Waals surface area contributed by atoms with Crippen LogP contribution in [-0.2, 0) is 12.8 Å². The minimum absolute atomic E-state index is 1.07. The van der Waals surface area contributed by atoms with Gasteiger partial charge in [0.25, 0.3) is 0 Å². The van der Waals surface area contributed by atoms with E-state index in [-0.39, 0.29) is 0 Å². The first-order chi connectivity index (χ1) is 24.7. The summed E-state index contributed by atoms with van der Waals surface area (Å²) in [5.74, 6) is 0. The monoisotopic (exact) mass is 644 g/mol. The van der Waals surface area contributed by atoms with E-state index in [4.69, 9.17) is 0 Å². The van der Waals surface area contributed by atoms with Gasteiger partial charge in [-0.3, -0.25) is 0 Å². The van der Waals surface area contributed by atoms with Crippen LogP contribution in [0.3, 0.4) is 0 Å². The lowest BCUT2D eigenvalue weighted by molar-refractivity contribution is 0.984. The SMILES string of the molecule is C=Cc1ccc(N(c2ccc(-c3ccc(N(c4ccc(C=C)cc4)c4cccc5c4C=CCC5)cc3)cc2)c2cccc3c2C=CCC3)cc1. The van der Waals surface area contributed by atoms with Crippen molar-refractivity contribution in [3.8, 4) is 11.1 Å². The lowest BCUT2D eigenvalue weighted by Crippen LogP contribution is -2.13. The molecular weight excluding hydrogens is 605 g/mol. The van der Waals surface area contributed by atoms with Crippen LogP contribution in [0.4, 0.5) is 34.1 Å². The molecule has 0 aromatic heterocycles. The molecule has 0 heterocycles. The van der Waals surface area contributed by atoms with Crippen LogP contribution in [0.2, 0.25) is 0 Å². The number of rotatable bonds is 9. The van der Waals surface area contributed by atoms with E-state index in [0.717, 1.165) is 59.6 Å². The lowest BCUT2D eigenvalue weighted by Gasteiger charge is -2.29. The van der Waals surface area contributed by atoms with Gasteiger partial charge in [0.15, 0.2) is 0 Å². The Morgan fingerprint density at radius 3 is 1.14 bits per heavy atom. The Kier molecular flexibility index (Phi) is 8.59. The summed E-state index contributed by atoms with van der Waals surface area (Å²) < 4.78 is 0. The summed E-state index contributed by atoms with van der Waals surface area (Å²) in [5, 5.41) is 0. The second kappa shape index (κ2) is 13.8. The molecule has 6 aromatic carbocycles. The predicted octanol–water partition coefficient (Wildman–Crippen LogP) is 13.5. The molecule has 2 aliphatic carbocycles. The molecule has 8 rings (SSSR count). The zero-order chi connectivity index (χ0) is 33.9. The van der Waals surface area contributed by atoms with E-state index in [2.05, 4.69) is 181 Å². The van der Waals surface area contributed by atoms with Crippen LogP contribution in [0.1, 0.15) is 46.2 Å². The van der Waals surface area contributed by atoms with Crippen molar-refractivity contribution >= 4 is 58.4 Å². The number of nitrogens with zero attached hydrogens (tertiary/aromatic N) is 2. The van der Waals surface area contributed by atoms with Gasteiger partial charge in [0.1, 0.15) is 0 Å². The van der Waals surface area contributed by atoms with Crippen molar-refractivity contribution in [3.63, 3.8) is 0 Å². The quantitative estimate of drug-likeness (QED) is 0.155. The Labute approximate surface area is 296 Å². The van der Waals surface area contributed by atoms with E-state index < -0.39 is 0 Å². The zero-order valence-corrected chi connectivity index (χ0v) is 28.3. The summed E-state index contributed by atoms with van der Waals surface area (Å²) >= 11 is 0. The fraction of sp³-hybridized carbons (Fsp3) is 0.0833. The molecule has 0 saturated carbocycles. The highest BCUT2D eigenvalue weighted by Crippen LogP contribution is 2.42. The summed E-state index contributed by atoms with van der Waals surface area (Å²) in [7, 11) is 0. The fourth-order valence-corrected chi connectivity index (χ4v) is 7.27. The minimum Gasteiger partial charge on any atom is -0.310 e. The standard InChI is InChI=1S/C48H40N2/c1-3-35-19-27-41(28-20-35)49(47-17-9-13-39-11-5-7-15-45(39)47)43-31-23-37(24-32-43)38-25-33-44(34-26-38)50(42-29-21-36(4-2)22-30-42)48-18-10-14-40-12-6-8-16-46(40)48/h3-4,7-10,13-34H,1-2,5-6,11-12H2. The Morgan fingerprint density at radius 1 is 0.420 bits per heavy atom. The molecule has 0 spiro atoms. The summed E-state index contributed by atoms with van der Waals surface area (Å²) in [5.41, 5.74) is 16.9. The van der Waals surface area contributed by atoms with Crippen molar-refractivity contribution in [2.75, 3.05) is 9.80 Å². The first-order valence-electron chi connectivity index (χ1n) is 17.5. The summed E-state index contributed by atoms with van der Waals surface area (Å²) in [6.45, 7) is 7.91. The van der Waals surface area contributed by atoms with E-state index in [1.807, 2.05) is 12.2 Å². The van der Waals surface area contributed by atoms with Gasteiger partial charge in [-0.15, -0.1) is 0 Å². The average Bonchev–Trinajstić information content (AvgIpc) is 3.19. The maximum Gasteiger partial charge on any atom is 0.0536 e.